The highest BCUT2D eigenvalue weighted by molar-refractivity contribution is 5.97. The summed E-state index contributed by atoms with van der Waals surface area (Å²) in [5.41, 5.74) is 4.12. The molecule has 8 nitrogen and oxygen atoms in total. The Morgan fingerprint density at radius 2 is 1.74 bits per heavy atom. The third kappa shape index (κ3) is 4.97. The van der Waals surface area contributed by atoms with Crippen molar-refractivity contribution in [3.63, 3.8) is 0 Å². The quantitative estimate of drug-likeness (QED) is 0.469. The van der Waals surface area contributed by atoms with Crippen LogP contribution in [0.15, 0.2) is 71.7 Å². The lowest BCUT2D eigenvalue weighted by Crippen LogP contribution is -2.49. The van der Waals surface area contributed by atoms with Gasteiger partial charge in [0.1, 0.15) is 5.82 Å². The highest BCUT2D eigenvalue weighted by Crippen LogP contribution is 2.19. The molecule has 180 valence electrons. The Balaban J connectivity index is 1.25. The minimum absolute atomic E-state index is 0.0162. The van der Waals surface area contributed by atoms with Crippen LogP contribution in [-0.2, 0) is 13.1 Å². The Hall–Kier alpha value is -3.91. The second-order valence-electron chi connectivity index (χ2n) is 9.28. The van der Waals surface area contributed by atoms with Crippen LogP contribution < -0.4 is 10.6 Å². The van der Waals surface area contributed by atoms with Gasteiger partial charge < -0.3 is 19.7 Å². The van der Waals surface area contributed by atoms with Crippen LogP contribution in [0.25, 0.3) is 11.0 Å². The SMILES string of the molecule is CN(C)Cc1ccc(N2CCN(C(=O)c3ccc4c(c3)[nH]c(=O)n4Cc3ccccc3)CC2)nc1. The number of aromatic nitrogens is 3. The Morgan fingerprint density at radius 1 is 0.971 bits per heavy atom. The standard InChI is InChI=1S/C27H30N6O2/c1-30(2)18-21-8-11-25(28-17-21)31-12-14-32(15-13-31)26(34)22-9-10-24-23(16-22)29-27(35)33(24)19-20-6-4-3-5-7-20/h3-11,16-17H,12-15,18-19H2,1-2H3,(H,29,35). The molecule has 4 aromatic rings. The molecule has 2 aromatic carbocycles. The predicted molar refractivity (Wildman–Crippen MR) is 138 cm³/mol. The first kappa shape index (κ1) is 22.9. The lowest BCUT2D eigenvalue weighted by molar-refractivity contribution is 0.0746. The van der Waals surface area contributed by atoms with Gasteiger partial charge in [0.05, 0.1) is 17.6 Å². The van der Waals surface area contributed by atoms with Crippen LogP contribution in [0.5, 0.6) is 0 Å². The fourth-order valence-corrected chi connectivity index (χ4v) is 4.60. The zero-order chi connectivity index (χ0) is 24.4. The first-order valence-electron chi connectivity index (χ1n) is 11.9. The monoisotopic (exact) mass is 470 g/mol. The van der Waals surface area contributed by atoms with E-state index in [0.29, 0.717) is 30.7 Å². The maximum Gasteiger partial charge on any atom is 0.326 e. The summed E-state index contributed by atoms with van der Waals surface area (Å²) in [4.78, 5) is 39.5. The van der Waals surface area contributed by atoms with Crippen LogP contribution in [0.2, 0.25) is 0 Å². The van der Waals surface area contributed by atoms with Crippen LogP contribution >= 0.6 is 0 Å². The van der Waals surface area contributed by atoms with Crippen LogP contribution in [0.3, 0.4) is 0 Å². The lowest BCUT2D eigenvalue weighted by atomic mass is 10.1. The van der Waals surface area contributed by atoms with Gasteiger partial charge in [0.2, 0.25) is 0 Å². The van der Waals surface area contributed by atoms with E-state index in [-0.39, 0.29) is 11.6 Å². The number of hydrogen-bond donors (Lipinski definition) is 1. The molecule has 0 radical (unpaired) electrons. The third-order valence-corrected chi connectivity index (χ3v) is 6.40. The van der Waals surface area contributed by atoms with Crippen molar-refractivity contribution in [3.8, 4) is 0 Å². The number of nitrogens with one attached hydrogen (secondary N) is 1. The van der Waals surface area contributed by atoms with Gasteiger partial charge in [-0.25, -0.2) is 9.78 Å². The number of amides is 1. The average molecular weight is 471 g/mol. The second-order valence-corrected chi connectivity index (χ2v) is 9.28. The molecule has 5 rings (SSSR count). The number of nitrogens with zero attached hydrogens (tertiary/aromatic N) is 5. The largest absolute Gasteiger partial charge is 0.353 e. The van der Waals surface area contributed by atoms with Crippen LogP contribution in [-0.4, -0.2) is 70.5 Å². The zero-order valence-electron chi connectivity index (χ0n) is 20.1. The molecule has 35 heavy (non-hydrogen) atoms. The van der Waals surface area contributed by atoms with Gasteiger partial charge in [0.25, 0.3) is 5.91 Å². The summed E-state index contributed by atoms with van der Waals surface area (Å²) in [5, 5.41) is 0. The van der Waals surface area contributed by atoms with Crippen molar-refractivity contribution in [1.82, 2.24) is 24.3 Å². The molecule has 1 aliphatic rings. The number of piperazine rings is 1. The summed E-state index contributed by atoms with van der Waals surface area (Å²) >= 11 is 0. The molecule has 1 N–H and O–H groups in total. The van der Waals surface area contributed by atoms with Crippen LogP contribution in [0.4, 0.5) is 5.82 Å². The number of pyridine rings is 1. The molecule has 1 aliphatic heterocycles. The van der Waals surface area contributed by atoms with Gasteiger partial charge in [-0.15, -0.1) is 0 Å². The van der Waals surface area contributed by atoms with Gasteiger partial charge in [-0.05, 0) is 49.5 Å². The summed E-state index contributed by atoms with van der Waals surface area (Å²) in [7, 11) is 4.08. The number of aromatic amines is 1. The van der Waals surface area contributed by atoms with Crippen LogP contribution in [0, 0.1) is 0 Å². The van der Waals surface area contributed by atoms with E-state index in [0.717, 1.165) is 36.5 Å². The molecule has 0 unspecified atom stereocenters. The molecule has 8 heteroatoms. The molecule has 0 saturated carbocycles. The highest BCUT2D eigenvalue weighted by Gasteiger charge is 2.23. The number of fused-ring (bicyclic) bond motifs is 1. The van der Waals surface area contributed by atoms with Crippen molar-refractivity contribution in [2.24, 2.45) is 0 Å². The van der Waals surface area contributed by atoms with Crippen molar-refractivity contribution >= 4 is 22.8 Å². The molecule has 0 atom stereocenters. The predicted octanol–water partition coefficient (Wildman–Crippen LogP) is 2.80. The van der Waals surface area contributed by atoms with E-state index in [9.17, 15) is 9.59 Å². The van der Waals surface area contributed by atoms with E-state index in [1.54, 1.807) is 10.6 Å². The van der Waals surface area contributed by atoms with Crippen molar-refractivity contribution < 1.29 is 4.79 Å². The fraction of sp³-hybridized carbons (Fsp3) is 0.296. The van der Waals surface area contributed by atoms with Gasteiger partial charge >= 0.3 is 5.69 Å². The maximum atomic E-state index is 13.2. The summed E-state index contributed by atoms with van der Waals surface area (Å²) < 4.78 is 1.70. The topological polar surface area (TPSA) is 77.5 Å². The van der Waals surface area contributed by atoms with Crippen molar-refractivity contribution in [2.45, 2.75) is 13.1 Å². The summed E-state index contributed by atoms with van der Waals surface area (Å²) in [6.45, 7) is 4.07. The van der Waals surface area contributed by atoms with Gasteiger partial charge in [0, 0.05) is 44.5 Å². The lowest BCUT2D eigenvalue weighted by Gasteiger charge is -2.35. The number of benzene rings is 2. The number of hydrogen-bond acceptors (Lipinski definition) is 5. The number of imidazole rings is 1. The van der Waals surface area contributed by atoms with E-state index in [1.165, 1.54) is 5.56 Å². The minimum atomic E-state index is -0.175. The van der Waals surface area contributed by atoms with E-state index in [1.807, 2.05) is 67.7 Å². The number of H-pyrrole nitrogens is 1. The third-order valence-electron chi connectivity index (χ3n) is 6.40. The van der Waals surface area contributed by atoms with Crippen molar-refractivity contribution in [1.29, 1.82) is 0 Å². The fourth-order valence-electron chi connectivity index (χ4n) is 4.60. The Morgan fingerprint density at radius 3 is 2.43 bits per heavy atom. The van der Waals surface area contributed by atoms with Crippen molar-refractivity contribution in [2.75, 3.05) is 45.2 Å². The number of carbonyl (C=O) groups excluding carboxylic acids is 1. The smallest absolute Gasteiger partial charge is 0.326 e. The number of anilines is 1. The Kier molecular flexibility index (Phi) is 6.37. The minimum Gasteiger partial charge on any atom is -0.353 e. The molecule has 3 heterocycles. The molecule has 0 aliphatic carbocycles. The van der Waals surface area contributed by atoms with Crippen molar-refractivity contribution in [3.05, 3.63) is 94.0 Å². The first-order valence-corrected chi connectivity index (χ1v) is 11.9. The van der Waals surface area contributed by atoms with Gasteiger partial charge in [0.15, 0.2) is 0 Å². The average Bonchev–Trinajstić information content (AvgIpc) is 3.18. The van der Waals surface area contributed by atoms with E-state index >= 15 is 0 Å². The number of rotatable bonds is 6. The molecular formula is C27H30N6O2. The first-order chi connectivity index (χ1) is 17.0. The molecule has 1 saturated heterocycles. The molecular weight excluding hydrogens is 440 g/mol. The molecule has 1 fully saturated rings. The maximum absolute atomic E-state index is 13.2. The van der Waals surface area contributed by atoms with E-state index < -0.39 is 0 Å². The van der Waals surface area contributed by atoms with E-state index in [2.05, 4.69) is 31.9 Å². The summed E-state index contributed by atoms with van der Waals surface area (Å²) in [6, 6.07) is 19.5. The van der Waals surface area contributed by atoms with Crippen LogP contribution in [0.1, 0.15) is 21.5 Å². The normalized spacial score (nSPS) is 14.1. The van der Waals surface area contributed by atoms with Gasteiger partial charge in [-0.3, -0.25) is 9.36 Å². The second kappa shape index (κ2) is 9.76. The van der Waals surface area contributed by atoms with Gasteiger partial charge in [-0.2, -0.15) is 0 Å². The summed E-state index contributed by atoms with van der Waals surface area (Å²) in [6.07, 6.45) is 1.92. The molecule has 0 bridgehead atoms. The molecule has 2 aromatic heterocycles. The van der Waals surface area contributed by atoms with Gasteiger partial charge in [-0.1, -0.05) is 36.4 Å². The number of carbonyl (C=O) groups is 1. The Labute approximate surface area is 204 Å². The Bertz CT molecular complexity index is 1370. The molecule has 0 spiro atoms. The highest BCUT2D eigenvalue weighted by atomic mass is 16.2. The van der Waals surface area contributed by atoms with E-state index in [4.69, 9.17) is 0 Å². The molecule has 1 amide bonds. The zero-order valence-corrected chi connectivity index (χ0v) is 20.1. The summed E-state index contributed by atoms with van der Waals surface area (Å²) in [5.74, 6) is 0.927.